The first-order valence-corrected chi connectivity index (χ1v) is 6.78. The fraction of sp³-hybridized carbons (Fsp3) is 0.438. The Balaban J connectivity index is 2.29. The highest BCUT2D eigenvalue weighted by atomic mass is 16.5. The van der Waals surface area contributed by atoms with Crippen molar-refractivity contribution in [3.05, 3.63) is 34.9 Å². The molecular weight excluding hydrogens is 252 g/mol. The Morgan fingerprint density at radius 2 is 2.35 bits per heavy atom. The highest BCUT2D eigenvalue weighted by molar-refractivity contribution is 5.97. The monoisotopic (exact) mass is 272 g/mol. The van der Waals surface area contributed by atoms with Crippen LogP contribution in [0.4, 0.5) is 0 Å². The van der Waals surface area contributed by atoms with Gasteiger partial charge in [-0.15, -0.1) is 0 Å². The van der Waals surface area contributed by atoms with Crippen molar-refractivity contribution in [1.29, 1.82) is 0 Å². The summed E-state index contributed by atoms with van der Waals surface area (Å²) in [5, 5.41) is 0. The Hall–Kier alpha value is -1.83. The minimum Gasteiger partial charge on any atom is -0.379 e. The predicted molar refractivity (Wildman–Crippen MR) is 78.4 cm³/mol. The third kappa shape index (κ3) is 3.19. The van der Waals surface area contributed by atoms with E-state index in [1.165, 1.54) is 0 Å². The van der Waals surface area contributed by atoms with Gasteiger partial charge in [-0.05, 0) is 25.5 Å². The van der Waals surface area contributed by atoms with E-state index in [-0.39, 0.29) is 18.5 Å². The zero-order valence-corrected chi connectivity index (χ0v) is 12.0. The average Bonchev–Trinajstić information content (AvgIpc) is 2.98. The maximum absolute atomic E-state index is 12.6. The lowest BCUT2D eigenvalue weighted by Crippen LogP contribution is -2.37. The lowest BCUT2D eigenvalue weighted by Gasteiger charge is -2.24. The van der Waals surface area contributed by atoms with Gasteiger partial charge in [0.2, 0.25) is 0 Å². The van der Waals surface area contributed by atoms with Crippen LogP contribution in [0.25, 0.3) is 0 Å². The average molecular weight is 272 g/mol. The fourth-order valence-corrected chi connectivity index (χ4v) is 2.27. The van der Waals surface area contributed by atoms with Gasteiger partial charge in [0.25, 0.3) is 5.91 Å². The normalized spacial score (nSPS) is 17.4. The second kappa shape index (κ2) is 6.56. The third-order valence-electron chi connectivity index (χ3n) is 3.50. The maximum atomic E-state index is 12.6. The molecular formula is C16H20N2O2. The van der Waals surface area contributed by atoms with Gasteiger partial charge in [-0.2, -0.15) is 0 Å². The van der Waals surface area contributed by atoms with Crippen molar-refractivity contribution in [1.82, 2.24) is 4.90 Å². The Labute approximate surface area is 119 Å². The second-order valence-electron chi connectivity index (χ2n) is 4.99. The van der Waals surface area contributed by atoms with Crippen molar-refractivity contribution in [2.45, 2.75) is 19.4 Å². The van der Waals surface area contributed by atoms with Crippen LogP contribution in [0.1, 0.15) is 27.9 Å². The van der Waals surface area contributed by atoms with Gasteiger partial charge in [0.05, 0.1) is 24.8 Å². The van der Waals surface area contributed by atoms with E-state index in [9.17, 15) is 4.79 Å². The molecule has 2 N–H and O–H groups in total. The number of rotatable bonds is 2. The number of nitrogens with zero attached hydrogens (tertiary/aromatic N) is 1. The van der Waals surface area contributed by atoms with Gasteiger partial charge < -0.3 is 15.4 Å². The van der Waals surface area contributed by atoms with Crippen molar-refractivity contribution in [3.63, 3.8) is 0 Å². The summed E-state index contributed by atoms with van der Waals surface area (Å²) in [5.41, 5.74) is 7.82. The smallest absolute Gasteiger partial charge is 0.255 e. The van der Waals surface area contributed by atoms with E-state index in [1.54, 1.807) is 4.90 Å². The predicted octanol–water partition coefficient (Wildman–Crippen LogP) is 1.17. The van der Waals surface area contributed by atoms with Crippen LogP contribution < -0.4 is 5.73 Å². The largest absolute Gasteiger partial charge is 0.379 e. The van der Waals surface area contributed by atoms with E-state index in [1.807, 2.05) is 32.2 Å². The number of likely N-dealkylation sites (N-methyl/N-ethyl adjacent to an activating group) is 1. The Kier molecular flexibility index (Phi) is 4.78. The highest BCUT2D eigenvalue weighted by Gasteiger charge is 2.26. The first-order chi connectivity index (χ1) is 9.63. The van der Waals surface area contributed by atoms with Crippen molar-refractivity contribution < 1.29 is 9.53 Å². The summed E-state index contributed by atoms with van der Waals surface area (Å²) in [6.07, 6.45) is 0.887. The van der Waals surface area contributed by atoms with Crippen molar-refractivity contribution >= 4 is 5.91 Å². The fourth-order valence-electron chi connectivity index (χ4n) is 2.27. The van der Waals surface area contributed by atoms with Gasteiger partial charge in [0.1, 0.15) is 0 Å². The zero-order chi connectivity index (χ0) is 14.5. The molecule has 1 aliphatic rings. The van der Waals surface area contributed by atoms with Crippen LogP contribution in [0, 0.1) is 18.8 Å². The van der Waals surface area contributed by atoms with Crippen LogP contribution >= 0.6 is 0 Å². The number of carbonyl (C=O) groups is 1. The van der Waals surface area contributed by atoms with Crippen molar-refractivity contribution in [3.8, 4) is 11.8 Å². The number of carbonyl (C=O) groups excluding carboxylic acids is 1. The lowest BCUT2D eigenvalue weighted by atomic mass is 10.0. The molecule has 1 fully saturated rings. The molecule has 0 bridgehead atoms. The molecule has 106 valence electrons. The number of nitrogens with two attached hydrogens (primary N) is 1. The summed E-state index contributed by atoms with van der Waals surface area (Å²) in [5.74, 6) is 5.77. The molecule has 0 aromatic heterocycles. The third-order valence-corrected chi connectivity index (χ3v) is 3.50. The van der Waals surface area contributed by atoms with Crippen LogP contribution in [-0.2, 0) is 4.74 Å². The molecule has 2 rings (SSSR count). The van der Waals surface area contributed by atoms with Gasteiger partial charge in [0.15, 0.2) is 0 Å². The molecule has 1 heterocycles. The summed E-state index contributed by atoms with van der Waals surface area (Å²) in [6, 6.07) is 5.87. The SMILES string of the molecule is Cc1ccc(C#CCN)c(C(=O)N(C)C2CCOC2)c1. The van der Waals surface area contributed by atoms with Crippen LogP contribution in [-0.4, -0.2) is 43.7 Å². The topological polar surface area (TPSA) is 55.6 Å². The van der Waals surface area contributed by atoms with Gasteiger partial charge in [-0.1, -0.05) is 23.5 Å². The number of ether oxygens (including phenoxy) is 1. The maximum Gasteiger partial charge on any atom is 0.255 e. The molecule has 1 saturated heterocycles. The number of hydrogen-bond acceptors (Lipinski definition) is 3. The molecule has 1 atom stereocenters. The van der Waals surface area contributed by atoms with Crippen LogP contribution in [0.2, 0.25) is 0 Å². The first-order valence-electron chi connectivity index (χ1n) is 6.78. The molecule has 0 aliphatic carbocycles. The molecule has 1 aromatic carbocycles. The van der Waals surface area contributed by atoms with Crippen LogP contribution in [0.3, 0.4) is 0 Å². The van der Waals surface area contributed by atoms with Gasteiger partial charge >= 0.3 is 0 Å². The highest BCUT2D eigenvalue weighted by Crippen LogP contribution is 2.17. The van der Waals surface area contributed by atoms with Crippen LogP contribution in [0.5, 0.6) is 0 Å². The van der Waals surface area contributed by atoms with E-state index < -0.39 is 0 Å². The Morgan fingerprint density at radius 1 is 1.55 bits per heavy atom. The van der Waals surface area contributed by atoms with E-state index in [4.69, 9.17) is 10.5 Å². The quantitative estimate of drug-likeness (QED) is 0.822. The van der Waals surface area contributed by atoms with E-state index >= 15 is 0 Å². The molecule has 4 heteroatoms. The Morgan fingerprint density at radius 3 is 3.00 bits per heavy atom. The lowest BCUT2D eigenvalue weighted by molar-refractivity contribution is 0.0711. The molecule has 1 amide bonds. The minimum absolute atomic E-state index is 0.00878. The van der Waals surface area contributed by atoms with Crippen molar-refractivity contribution in [2.75, 3.05) is 26.8 Å². The van der Waals surface area contributed by atoms with Crippen LogP contribution in [0.15, 0.2) is 18.2 Å². The Bertz CT molecular complexity index is 551. The van der Waals surface area contributed by atoms with E-state index in [2.05, 4.69) is 11.8 Å². The number of hydrogen-bond donors (Lipinski definition) is 1. The standard InChI is InChI=1S/C16H20N2O2/c1-12-5-6-13(4-3-8-17)15(10-12)16(19)18(2)14-7-9-20-11-14/h5-6,10,14H,7-9,11,17H2,1-2H3. The zero-order valence-electron chi connectivity index (χ0n) is 12.0. The molecule has 4 nitrogen and oxygen atoms in total. The summed E-state index contributed by atoms with van der Waals surface area (Å²) in [6.45, 7) is 3.58. The molecule has 1 unspecified atom stereocenters. The molecule has 20 heavy (non-hydrogen) atoms. The number of aryl methyl sites for hydroxylation is 1. The summed E-state index contributed by atoms with van der Waals surface area (Å²) in [7, 11) is 1.82. The van der Waals surface area contributed by atoms with Crippen molar-refractivity contribution in [2.24, 2.45) is 5.73 Å². The molecule has 0 spiro atoms. The van der Waals surface area contributed by atoms with E-state index in [0.717, 1.165) is 24.2 Å². The van der Waals surface area contributed by atoms with E-state index in [0.29, 0.717) is 12.2 Å². The minimum atomic E-state index is -0.00878. The second-order valence-corrected chi connectivity index (χ2v) is 4.99. The summed E-state index contributed by atoms with van der Waals surface area (Å²) in [4.78, 5) is 14.4. The molecule has 0 saturated carbocycles. The summed E-state index contributed by atoms with van der Waals surface area (Å²) >= 11 is 0. The van der Waals surface area contributed by atoms with Gasteiger partial charge in [0, 0.05) is 19.2 Å². The molecule has 1 aliphatic heterocycles. The summed E-state index contributed by atoms with van der Waals surface area (Å²) < 4.78 is 5.34. The van der Waals surface area contributed by atoms with Gasteiger partial charge in [-0.25, -0.2) is 0 Å². The first kappa shape index (κ1) is 14.6. The number of amides is 1. The van der Waals surface area contributed by atoms with Gasteiger partial charge in [-0.3, -0.25) is 4.79 Å². The molecule has 0 radical (unpaired) electrons. The molecule has 1 aromatic rings. The number of benzene rings is 1.